The molecule has 0 amide bonds. The van der Waals surface area contributed by atoms with Crippen LogP contribution in [0.5, 0.6) is 0 Å². The summed E-state index contributed by atoms with van der Waals surface area (Å²) in [4.78, 5) is 2.33. The van der Waals surface area contributed by atoms with Gasteiger partial charge < -0.3 is 4.90 Å². The summed E-state index contributed by atoms with van der Waals surface area (Å²) in [5.41, 5.74) is 9.02. The largest absolute Gasteiger partial charge is 0.310 e. The Labute approximate surface area is 234 Å². The van der Waals surface area contributed by atoms with Crippen LogP contribution in [0.25, 0.3) is 43.4 Å². The summed E-state index contributed by atoms with van der Waals surface area (Å²) in [5, 5.41) is 7.85. The summed E-state index contributed by atoms with van der Waals surface area (Å²) < 4.78 is 0. The van der Waals surface area contributed by atoms with Crippen LogP contribution in [0.3, 0.4) is 0 Å². The Morgan fingerprint density at radius 2 is 1.05 bits per heavy atom. The Hall–Kier alpha value is -4.88. The number of rotatable bonds is 3. The van der Waals surface area contributed by atoms with Crippen molar-refractivity contribution in [3.05, 3.63) is 151 Å². The van der Waals surface area contributed by atoms with Gasteiger partial charge in [-0.15, -0.1) is 0 Å². The molecule has 40 heavy (non-hydrogen) atoms. The quantitative estimate of drug-likeness (QED) is 0.213. The highest BCUT2D eigenvalue weighted by Gasteiger charge is 2.36. The van der Waals surface area contributed by atoms with E-state index in [-0.39, 0.29) is 5.41 Å². The fourth-order valence-electron chi connectivity index (χ4n) is 6.99. The van der Waals surface area contributed by atoms with Crippen molar-refractivity contribution in [3.63, 3.8) is 0 Å². The lowest BCUT2D eigenvalue weighted by Gasteiger charge is -2.26. The van der Waals surface area contributed by atoms with E-state index < -0.39 is 0 Å². The van der Waals surface area contributed by atoms with Gasteiger partial charge in [-0.2, -0.15) is 0 Å². The van der Waals surface area contributed by atoms with Crippen LogP contribution in [0.2, 0.25) is 0 Å². The smallest absolute Gasteiger partial charge is 0.0468 e. The summed E-state index contributed by atoms with van der Waals surface area (Å²) in [6.07, 6.45) is 0. The zero-order valence-electron chi connectivity index (χ0n) is 22.7. The van der Waals surface area contributed by atoms with Crippen LogP contribution in [0.4, 0.5) is 17.1 Å². The van der Waals surface area contributed by atoms with Gasteiger partial charge in [0.25, 0.3) is 0 Å². The molecule has 8 rings (SSSR count). The SMILES string of the molecule is CC1(C)c2ccccc2-c2ccc3c(ccc4ccc5cc(N(c6ccccc6)c6ccccc6)ccc5c43)c21. The molecule has 0 N–H and O–H groups in total. The highest BCUT2D eigenvalue weighted by molar-refractivity contribution is 6.22. The van der Waals surface area contributed by atoms with E-state index >= 15 is 0 Å². The molecule has 0 atom stereocenters. The lowest BCUT2D eigenvalue weighted by atomic mass is 9.79. The third-order valence-corrected chi connectivity index (χ3v) is 8.78. The van der Waals surface area contributed by atoms with Crippen molar-refractivity contribution >= 4 is 49.4 Å². The number of hydrogen-bond acceptors (Lipinski definition) is 1. The Bertz CT molecular complexity index is 2030. The average molecular weight is 512 g/mol. The molecule has 7 aromatic carbocycles. The molecule has 0 saturated heterocycles. The lowest BCUT2D eigenvalue weighted by Crippen LogP contribution is -2.15. The summed E-state index contributed by atoms with van der Waals surface area (Å²) in [6, 6.07) is 51.0. The van der Waals surface area contributed by atoms with Crippen LogP contribution in [-0.4, -0.2) is 0 Å². The van der Waals surface area contributed by atoms with Crippen LogP contribution < -0.4 is 4.90 Å². The molecular weight excluding hydrogens is 482 g/mol. The van der Waals surface area contributed by atoms with Crippen LogP contribution in [-0.2, 0) is 5.41 Å². The molecule has 0 radical (unpaired) electrons. The fraction of sp³-hybridized carbons (Fsp3) is 0.0769. The maximum atomic E-state index is 2.37. The van der Waals surface area contributed by atoms with Crippen molar-refractivity contribution < 1.29 is 0 Å². The molecule has 0 aliphatic heterocycles. The molecule has 1 nitrogen and oxygen atoms in total. The maximum absolute atomic E-state index is 2.37. The van der Waals surface area contributed by atoms with Gasteiger partial charge in [0.15, 0.2) is 0 Å². The van der Waals surface area contributed by atoms with Crippen LogP contribution in [0.1, 0.15) is 25.0 Å². The van der Waals surface area contributed by atoms with Gasteiger partial charge in [0.05, 0.1) is 0 Å². The molecule has 0 heterocycles. The molecule has 0 aromatic heterocycles. The zero-order valence-corrected chi connectivity index (χ0v) is 22.7. The Morgan fingerprint density at radius 3 is 1.80 bits per heavy atom. The zero-order chi connectivity index (χ0) is 26.8. The first kappa shape index (κ1) is 23.0. The first-order valence-electron chi connectivity index (χ1n) is 14.0. The highest BCUT2D eigenvalue weighted by atomic mass is 15.1. The van der Waals surface area contributed by atoms with Gasteiger partial charge in [0, 0.05) is 22.5 Å². The average Bonchev–Trinajstić information content (AvgIpc) is 3.24. The van der Waals surface area contributed by atoms with E-state index in [9.17, 15) is 0 Å². The molecule has 190 valence electrons. The van der Waals surface area contributed by atoms with Gasteiger partial charge in [-0.3, -0.25) is 0 Å². The van der Waals surface area contributed by atoms with Gasteiger partial charge in [0.1, 0.15) is 0 Å². The van der Waals surface area contributed by atoms with Gasteiger partial charge in [-0.1, -0.05) is 117 Å². The van der Waals surface area contributed by atoms with Gasteiger partial charge in [-0.05, 0) is 91.0 Å². The van der Waals surface area contributed by atoms with Crippen molar-refractivity contribution in [2.75, 3.05) is 4.90 Å². The van der Waals surface area contributed by atoms with Crippen molar-refractivity contribution in [2.24, 2.45) is 0 Å². The third-order valence-electron chi connectivity index (χ3n) is 8.78. The third kappa shape index (κ3) is 3.28. The number of fused-ring (bicyclic) bond motifs is 9. The summed E-state index contributed by atoms with van der Waals surface area (Å²) in [5.74, 6) is 0. The predicted molar refractivity (Wildman–Crippen MR) is 171 cm³/mol. The molecule has 0 fully saturated rings. The van der Waals surface area contributed by atoms with E-state index in [1.54, 1.807) is 0 Å². The number of para-hydroxylation sites is 2. The summed E-state index contributed by atoms with van der Waals surface area (Å²) in [6.45, 7) is 4.75. The molecule has 1 aliphatic rings. The van der Waals surface area contributed by atoms with E-state index in [2.05, 4.69) is 158 Å². The fourth-order valence-corrected chi connectivity index (χ4v) is 6.99. The Morgan fingerprint density at radius 1 is 0.450 bits per heavy atom. The minimum Gasteiger partial charge on any atom is -0.310 e. The molecule has 1 heteroatoms. The number of hydrogen-bond donors (Lipinski definition) is 0. The normalized spacial score (nSPS) is 13.4. The topological polar surface area (TPSA) is 3.24 Å². The van der Waals surface area contributed by atoms with E-state index in [4.69, 9.17) is 0 Å². The van der Waals surface area contributed by atoms with E-state index in [1.165, 1.54) is 54.6 Å². The second kappa shape index (κ2) is 8.56. The van der Waals surface area contributed by atoms with Crippen LogP contribution >= 0.6 is 0 Å². The first-order valence-corrected chi connectivity index (χ1v) is 14.0. The Kier molecular flexibility index (Phi) is 4.93. The molecular formula is C39H29N. The number of nitrogens with zero attached hydrogens (tertiary/aromatic N) is 1. The van der Waals surface area contributed by atoms with Gasteiger partial charge in [0.2, 0.25) is 0 Å². The first-order chi connectivity index (χ1) is 19.6. The maximum Gasteiger partial charge on any atom is 0.0468 e. The molecule has 0 spiro atoms. The molecule has 0 saturated carbocycles. The van der Waals surface area contributed by atoms with Crippen LogP contribution in [0.15, 0.2) is 140 Å². The standard InChI is InChI=1S/C39H29N/c1-39(2)36-16-10-9-15-32(36)34-24-23-33-35(38(34)39)21-19-26-17-18-27-25-30(20-22-31(27)37(26)33)40(28-11-5-3-6-12-28)29-13-7-4-8-14-29/h3-25H,1-2H3. The van der Waals surface area contributed by atoms with Gasteiger partial charge in [-0.25, -0.2) is 0 Å². The minimum absolute atomic E-state index is 0.0390. The Balaban J connectivity index is 1.37. The highest BCUT2D eigenvalue weighted by Crippen LogP contribution is 2.52. The second-order valence-electron chi connectivity index (χ2n) is 11.4. The number of anilines is 3. The molecule has 1 aliphatic carbocycles. The van der Waals surface area contributed by atoms with Crippen LogP contribution in [0, 0.1) is 0 Å². The predicted octanol–water partition coefficient (Wildman–Crippen LogP) is 10.9. The number of benzene rings is 7. The molecule has 0 bridgehead atoms. The minimum atomic E-state index is -0.0390. The van der Waals surface area contributed by atoms with E-state index in [0.717, 1.165) is 17.1 Å². The monoisotopic (exact) mass is 511 g/mol. The molecule has 0 unspecified atom stereocenters. The lowest BCUT2D eigenvalue weighted by molar-refractivity contribution is 0.666. The van der Waals surface area contributed by atoms with Crippen molar-refractivity contribution in [2.45, 2.75) is 19.3 Å². The summed E-state index contributed by atoms with van der Waals surface area (Å²) in [7, 11) is 0. The molecule has 7 aromatic rings. The van der Waals surface area contributed by atoms with E-state index in [1.807, 2.05) is 0 Å². The van der Waals surface area contributed by atoms with Crippen molar-refractivity contribution in [1.29, 1.82) is 0 Å². The second-order valence-corrected chi connectivity index (χ2v) is 11.4. The summed E-state index contributed by atoms with van der Waals surface area (Å²) >= 11 is 0. The van der Waals surface area contributed by atoms with Crippen molar-refractivity contribution in [1.82, 2.24) is 0 Å². The van der Waals surface area contributed by atoms with E-state index in [0.29, 0.717) is 0 Å². The van der Waals surface area contributed by atoms with Crippen molar-refractivity contribution in [3.8, 4) is 11.1 Å². The van der Waals surface area contributed by atoms with Gasteiger partial charge >= 0.3 is 0 Å².